The number of halogens is 1. The van der Waals surface area contributed by atoms with Crippen LogP contribution in [0.5, 0.6) is 11.5 Å². The molecule has 0 spiro atoms. The third-order valence-electron chi connectivity index (χ3n) is 2.25. The van der Waals surface area contributed by atoms with Crippen LogP contribution in [-0.2, 0) is 0 Å². The highest BCUT2D eigenvalue weighted by atomic mass is 35.5. The van der Waals surface area contributed by atoms with Gasteiger partial charge in [0.05, 0.1) is 17.4 Å². The molecule has 18 heavy (non-hydrogen) atoms. The van der Waals surface area contributed by atoms with Crippen LogP contribution < -0.4 is 16.2 Å². The topological polar surface area (TPSA) is 91.2 Å². The summed E-state index contributed by atoms with van der Waals surface area (Å²) in [4.78, 5) is 15.1. The second kappa shape index (κ2) is 4.93. The van der Waals surface area contributed by atoms with E-state index in [0.29, 0.717) is 5.75 Å². The first-order valence-electron chi connectivity index (χ1n) is 5.05. The average molecular weight is 264 g/mol. The molecule has 2 aromatic rings. The van der Waals surface area contributed by atoms with E-state index in [1.54, 1.807) is 24.3 Å². The molecule has 0 aliphatic carbocycles. The van der Waals surface area contributed by atoms with Crippen molar-refractivity contribution in [3.8, 4) is 11.5 Å². The molecule has 0 atom stereocenters. The highest BCUT2D eigenvalue weighted by Crippen LogP contribution is 2.34. The Balaban J connectivity index is 2.43. The minimum atomic E-state index is -0.589. The van der Waals surface area contributed by atoms with Gasteiger partial charge in [-0.1, -0.05) is 23.7 Å². The van der Waals surface area contributed by atoms with E-state index in [1.165, 1.54) is 12.4 Å². The SMILES string of the molecule is NC(=O)c1ccccc1Oc1c(N)cncc1Cl. The quantitative estimate of drug-likeness (QED) is 0.888. The largest absolute Gasteiger partial charge is 0.453 e. The summed E-state index contributed by atoms with van der Waals surface area (Å²) >= 11 is 5.93. The molecular weight excluding hydrogens is 254 g/mol. The van der Waals surface area contributed by atoms with Crippen molar-refractivity contribution in [2.75, 3.05) is 5.73 Å². The van der Waals surface area contributed by atoms with Gasteiger partial charge in [-0.3, -0.25) is 9.78 Å². The van der Waals surface area contributed by atoms with Gasteiger partial charge in [-0.15, -0.1) is 0 Å². The Kier molecular flexibility index (Phi) is 3.34. The number of carbonyl (C=O) groups is 1. The third kappa shape index (κ3) is 2.36. The number of aromatic nitrogens is 1. The van der Waals surface area contributed by atoms with Gasteiger partial charge in [0.15, 0.2) is 5.75 Å². The monoisotopic (exact) mass is 263 g/mol. The standard InChI is InChI=1S/C12H10ClN3O2/c13-8-5-16-6-9(14)11(8)18-10-4-2-1-3-7(10)12(15)17/h1-6H,14H2,(H2,15,17). The van der Waals surface area contributed by atoms with Gasteiger partial charge in [0, 0.05) is 6.20 Å². The van der Waals surface area contributed by atoms with E-state index in [0.717, 1.165) is 0 Å². The number of ether oxygens (including phenoxy) is 1. The van der Waals surface area contributed by atoms with Crippen LogP contribution in [0.25, 0.3) is 0 Å². The molecule has 1 heterocycles. The van der Waals surface area contributed by atoms with Crippen LogP contribution in [0.3, 0.4) is 0 Å². The minimum absolute atomic E-state index is 0.250. The molecule has 92 valence electrons. The Morgan fingerprint density at radius 1 is 1.28 bits per heavy atom. The van der Waals surface area contributed by atoms with Gasteiger partial charge in [-0.2, -0.15) is 0 Å². The zero-order valence-electron chi connectivity index (χ0n) is 9.26. The van der Waals surface area contributed by atoms with Crippen LogP contribution in [0.1, 0.15) is 10.4 Å². The maximum absolute atomic E-state index is 11.2. The Morgan fingerprint density at radius 3 is 2.67 bits per heavy atom. The maximum Gasteiger partial charge on any atom is 0.252 e. The molecule has 0 aliphatic heterocycles. The number of nitrogen functional groups attached to an aromatic ring is 1. The smallest absolute Gasteiger partial charge is 0.252 e. The van der Waals surface area contributed by atoms with Crippen LogP contribution in [-0.4, -0.2) is 10.9 Å². The first-order chi connectivity index (χ1) is 8.59. The molecule has 4 N–H and O–H groups in total. The van der Waals surface area contributed by atoms with Crippen molar-refractivity contribution in [2.24, 2.45) is 5.73 Å². The van der Waals surface area contributed by atoms with Gasteiger partial charge in [-0.25, -0.2) is 0 Å². The van der Waals surface area contributed by atoms with Crippen molar-refractivity contribution in [1.29, 1.82) is 0 Å². The van der Waals surface area contributed by atoms with Crippen molar-refractivity contribution < 1.29 is 9.53 Å². The number of benzene rings is 1. The van der Waals surface area contributed by atoms with E-state index < -0.39 is 5.91 Å². The molecule has 0 saturated heterocycles. The van der Waals surface area contributed by atoms with Gasteiger partial charge in [0.1, 0.15) is 10.8 Å². The molecule has 0 saturated carbocycles. The summed E-state index contributed by atoms with van der Waals surface area (Å²) in [5, 5.41) is 0.259. The molecule has 2 rings (SSSR count). The fourth-order valence-corrected chi connectivity index (χ4v) is 1.62. The highest BCUT2D eigenvalue weighted by molar-refractivity contribution is 6.32. The summed E-state index contributed by atoms with van der Waals surface area (Å²) in [5.74, 6) is -0.0421. The number of anilines is 1. The van der Waals surface area contributed by atoms with Gasteiger partial charge in [0.2, 0.25) is 0 Å². The molecule has 1 aromatic heterocycles. The van der Waals surface area contributed by atoms with Crippen molar-refractivity contribution in [1.82, 2.24) is 4.98 Å². The maximum atomic E-state index is 11.2. The number of pyridine rings is 1. The molecular formula is C12H10ClN3O2. The summed E-state index contributed by atoms with van der Waals surface area (Å²) in [6.45, 7) is 0. The van der Waals surface area contributed by atoms with E-state index in [9.17, 15) is 4.79 Å². The Hall–Kier alpha value is -2.27. The number of para-hydroxylation sites is 1. The summed E-state index contributed by atoms with van der Waals surface area (Å²) < 4.78 is 5.53. The van der Waals surface area contributed by atoms with E-state index in [-0.39, 0.29) is 22.0 Å². The zero-order chi connectivity index (χ0) is 13.1. The summed E-state index contributed by atoms with van der Waals surface area (Å²) in [6.07, 6.45) is 2.81. The molecule has 0 aliphatic rings. The van der Waals surface area contributed by atoms with Crippen molar-refractivity contribution in [3.05, 3.63) is 47.2 Å². The number of nitrogens with zero attached hydrogens (tertiary/aromatic N) is 1. The lowest BCUT2D eigenvalue weighted by Crippen LogP contribution is -2.12. The summed E-state index contributed by atoms with van der Waals surface area (Å²) in [6, 6.07) is 6.57. The molecule has 0 unspecified atom stereocenters. The number of hydrogen-bond acceptors (Lipinski definition) is 4. The van der Waals surface area contributed by atoms with Gasteiger partial charge in [-0.05, 0) is 12.1 Å². The fraction of sp³-hybridized carbons (Fsp3) is 0. The van der Waals surface area contributed by atoms with Crippen molar-refractivity contribution >= 4 is 23.2 Å². The van der Waals surface area contributed by atoms with E-state index >= 15 is 0 Å². The fourth-order valence-electron chi connectivity index (χ4n) is 1.41. The molecule has 0 radical (unpaired) electrons. The Labute approximate surface area is 108 Å². The molecule has 0 bridgehead atoms. The molecule has 1 amide bonds. The normalized spacial score (nSPS) is 10.1. The third-order valence-corrected chi connectivity index (χ3v) is 2.51. The van der Waals surface area contributed by atoms with Gasteiger partial charge >= 0.3 is 0 Å². The second-order valence-electron chi connectivity index (χ2n) is 3.50. The first-order valence-corrected chi connectivity index (χ1v) is 5.43. The molecule has 5 nitrogen and oxygen atoms in total. The lowest BCUT2D eigenvalue weighted by Gasteiger charge is -2.11. The first kappa shape index (κ1) is 12.2. The Morgan fingerprint density at radius 2 is 2.00 bits per heavy atom. The van der Waals surface area contributed by atoms with E-state index in [1.807, 2.05) is 0 Å². The van der Waals surface area contributed by atoms with E-state index in [4.69, 9.17) is 27.8 Å². The lowest BCUT2D eigenvalue weighted by atomic mass is 10.2. The lowest BCUT2D eigenvalue weighted by molar-refractivity contribution is 0.0998. The molecule has 0 fully saturated rings. The van der Waals surface area contributed by atoms with Crippen LogP contribution >= 0.6 is 11.6 Å². The minimum Gasteiger partial charge on any atom is -0.453 e. The number of hydrogen-bond donors (Lipinski definition) is 2. The van der Waals surface area contributed by atoms with Crippen molar-refractivity contribution in [2.45, 2.75) is 0 Å². The zero-order valence-corrected chi connectivity index (χ0v) is 10.0. The van der Waals surface area contributed by atoms with Crippen LogP contribution in [0, 0.1) is 0 Å². The van der Waals surface area contributed by atoms with Crippen LogP contribution in [0.2, 0.25) is 5.02 Å². The number of nitrogens with two attached hydrogens (primary N) is 2. The van der Waals surface area contributed by atoms with Crippen molar-refractivity contribution in [3.63, 3.8) is 0 Å². The summed E-state index contributed by atoms with van der Waals surface area (Å²) in [5.41, 5.74) is 11.5. The average Bonchev–Trinajstić information content (AvgIpc) is 2.34. The number of amides is 1. The molecule has 6 heteroatoms. The Bertz CT molecular complexity index is 581. The number of carbonyl (C=O) groups excluding carboxylic acids is 1. The van der Waals surface area contributed by atoms with Crippen LogP contribution in [0.15, 0.2) is 36.7 Å². The number of primary amides is 1. The van der Waals surface area contributed by atoms with Crippen LogP contribution in [0.4, 0.5) is 5.69 Å². The highest BCUT2D eigenvalue weighted by Gasteiger charge is 2.13. The summed E-state index contributed by atoms with van der Waals surface area (Å²) in [7, 11) is 0. The second-order valence-corrected chi connectivity index (χ2v) is 3.91. The predicted molar refractivity (Wildman–Crippen MR) is 68.7 cm³/mol. The van der Waals surface area contributed by atoms with E-state index in [2.05, 4.69) is 4.98 Å². The van der Waals surface area contributed by atoms with Gasteiger partial charge in [0.25, 0.3) is 5.91 Å². The number of rotatable bonds is 3. The predicted octanol–water partition coefficient (Wildman–Crippen LogP) is 2.21. The molecule has 1 aromatic carbocycles. The van der Waals surface area contributed by atoms with Gasteiger partial charge < -0.3 is 16.2 Å².